The molecule has 0 aliphatic heterocycles. The fourth-order valence-corrected chi connectivity index (χ4v) is 5.04. The van der Waals surface area contributed by atoms with Crippen molar-refractivity contribution >= 4 is 36.7 Å². The summed E-state index contributed by atoms with van der Waals surface area (Å²) in [6.45, 7) is 5.44. The third-order valence-electron chi connectivity index (χ3n) is 4.54. The Morgan fingerprint density at radius 2 is 1.72 bits per heavy atom. The molecular weight excluding hydrogens is 418 g/mol. The second-order valence-electron chi connectivity index (χ2n) is 6.34. The zero-order valence-electron chi connectivity index (χ0n) is 16.6. The van der Waals surface area contributed by atoms with Gasteiger partial charge in [-0.3, -0.25) is 9.59 Å². The van der Waals surface area contributed by atoms with E-state index in [0.29, 0.717) is 18.6 Å². The van der Waals surface area contributed by atoms with Gasteiger partial charge in [0.25, 0.3) is 5.91 Å². The van der Waals surface area contributed by atoms with Crippen LogP contribution in [0.4, 0.5) is 0 Å². The van der Waals surface area contributed by atoms with Gasteiger partial charge >= 0.3 is 0 Å². The van der Waals surface area contributed by atoms with Gasteiger partial charge in [0.05, 0.1) is 16.2 Å². The second-order valence-corrected chi connectivity index (χ2v) is 10.7. The van der Waals surface area contributed by atoms with E-state index in [4.69, 9.17) is 0 Å². The number of fused-ring (bicyclic) bond motifs is 1. The van der Waals surface area contributed by atoms with Crippen LogP contribution in [0.3, 0.4) is 0 Å². The lowest BCUT2D eigenvalue weighted by atomic mass is 10.1. The highest BCUT2D eigenvalue weighted by atomic mass is 32.2. The second kappa shape index (κ2) is 9.06. The molecule has 1 aromatic heterocycles. The predicted octanol–water partition coefficient (Wildman–Crippen LogP) is 0.723. The average Bonchev–Trinajstić information content (AvgIpc) is 2.67. The van der Waals surface area contributed by atoms with Crippen molar-refractivity contribution in [3.05, 3.63) is 40.2 Å². The van der Waals surface area contributed by atoms with Crippen LogP contribution in [-0.2, 0) is 19.9 Å². The molecule has 2 rings (SSSR count). The van der Waals surface area contributed by atoms with Crippen LogP contribution >= 0.6 is 0 Å². The molecule has 0 atom stereocenters. The molecule has 0 radical (unpaired) electrons. The molecule has 1 aromatic carbocycles. The first-order valence-electron chi connectivity index (χ1n) is 9.21. The predicted molar refractivity (Wildman–Crippen MR) is 111 cm³/mol. The lowest BCUT2D eigenvalue weighted by Gasteiger charge is -2.19. The maximum absolute atomic E-state index is 12.8. The number of carbonyl (C=O) groups is 1. The number of benzene rings is 1. The van der Waals surface area contributed by atoms with E-state index in [-0.39, 0.29) is 33.9 Å². The number of aromatic amines is 1. The van der Waals surface area contributed by atoms with Crippen LogP contribution in [0.25, 0.3) is 10.9 Å². The van der Waals surface area contributed by atoms with Crippen molar-refractivity contribution < 1.29 is 21.6 Å². The van der Waals surface area contributed by atoms with Crippen LogP contribution in [0.2, 0.25) is 0 Å². The first kappa shape index (κ1) is 23.0. The summed E-state index contributed by atoms with van der Waals surface area (Å²) >= 11 is 0. The number of amides is 1. The largest absolute Gasteiger partial charge is 0.351 e. The minimum absolute atomic E-state index is 0.00311. The topological polar surface area (TPSA) is 133 Å². The van der Waals surface area contributed by atoms with E-state index in [1.165, 1.54) is 29.4 Å². The molecule has 0 bridgehead atoms. The van der Waals surface area contributed by atoms with E-state index in [9.17, 15) is 26.4 Å². The van der Waals surface area contributed by atoms with E-state index < -0.39 is 31.3 Å². The van der Waals surface area contributed by atoms with Crippen LogP contribution in [-0.4, -0.2) is 63.2 Å². The molecule has 1 amide bonds. The number of sulfonamides is 1. The Hall–Kier alpha value is -2.24. The van der Waals surface area contributed by atoms with Crippen molar-refractivity contribution in [3.8, 4) is 0 Å². The lowest BCUT2D eigenvalue weighted by molar-refractivity contribution is 0.0957. The third kappa shape index (κ3) is 5.22. The molecular formula is C18H25N3O6S2. The number of aromatic nitrogens is 1. The maximum Gasteiger partial charge on any atom is 0.252 e. The molecule has 0 spiro atoms. The van der Waals surface area contributed by atoms with Crippen LogP contribution in [0, 0.1) is 0 Å². The van der Waals surface area contributed by atoms with Gasteiger partial charge in [-0.15, -0.1) is 0 Å². The number of nitrogens with one attached hydrogen (secondary N) is 2. The monoisotopic (exact) mass is 443 g/mol. The molecule has 9 nitrogen and oxygen atoms in total. The van der Waals surface area contributed by atoms with E-state index in [1.54, 1.807) is 13.8 Å². The summed E-state index contributed by atoms with van der Waals surface area (Å²) in [6, 6.07) is 5.23. The van der Waals surface area contributed by atoms with E-state index in [2.05, 4.69) is 10.3 Å². The summed E-state index contributed by atoms with van der Waals surface area (Å²) in [7, 11) is -7.01. The summed E-state index contributed by atoms with van der Waals surface area (Å²) in [6.07, 6.45) is 0. The van der Waals surface area contributed by atoms with E-state index in [1.807, 2.05) is 0 Å². The summed E-state index contributed by atoms with van der Waals surface area (Å²) < 4.78 is 50.0. The highest BCUT2D eigenvalue weighted by Gasteiger charge is 2.23. The van der Waals surface area contributed by atoms with Gasteiger partial charge in [-0.2, -0.15) is 4.31 Å². The number of rotatable bonds is 9. The molecule has 160 valence electrons. The molecule has 0 saturated carbocycles. The first-order chi connectivity index (χ1) is 13.6. The molecule has 0 saturated heterocycles. The van der Waals surface area contributed by atoms with Crippen molar-refractivity contribution in [2.24, 2.45) is 0 Å². The van der Waals surface area contributed by atoms with Gasteiger partial charge in [0.1, 0.15) is 0 Å². The number of carbonyl (C=O) groups excluding carboxylic acids is 1. The molecule has 1 heterocycles. The molecule has 2 N–H and O–H groups in total. The van der Waals surface area contributed by atoms with Gasteiger partial charge < -0.3 is 10.3 Å². The number of nitrogens with zero attached hydrogens (tertiary/aromatic N) is 1. The highest BCUT2D eigenvalue weighted by molar-refractivity contribution is 7.91. The highest BCUT2D eigenvalue weighted by Crippen LogP contribution is 2.22. The van der Waals surface area contributed by atoms with Crippen LogP contribution < -0.4 is 10.9 Å². The van der Waals surface area contributed by atoms with Gasteiger partial charge in [0, 0.05) is 42.4 Å². The zero-order valence-corrected chi connectivity index (χ0v) is 18.2. The summed E-state index contributed by atoms with van der Waals surface area (Å²) in [5.41, 5.74) is -0.236. The van der Waals surface area contributed by atoms with Gasteiger partial charge in [-0.25, -0.2) is 16.8 Å². The van der Waals surface area contributed by atoms with Gasteiger partial charge in [0.15, 0.2) is 9.84 Å². The van der Waals surface area contributed by atoms with Crippen molar-refractivity contribution in [2.75, 3.05) is 31.1 Å². The third-order valence-corrected chi connectivity index (χ3v) is 8.29. The fourth-order valence-electron chi connectivity index (χ4n) is 2.85. The molecule has 11 heteroatoms. The van der Waals surface area contributed by atoms with Gasteiger partial charge in [0.2, 0.25) is 15.6 Å². The molecule has 0 aliphatic carbocycles. The SMILES string of the molecule is CCN(CC)S(=O)(=O)c1ccc2[nH]c(=O)cc(C(=O)NCCS(=O)(=O)CC)c2c1. The molecule has 2 aromatic rings. The van der Waals surface area contributed by atoms with E-state index in [0.717, 1.165) is 6.07 Å². The summed E-state index contributed by atoms with van der Waals surface area (Å²) in [4.78, 5) is 27.1. The number of hydrogen-bond donors (Lipinski definition) is 2. The van der Waals surface area contributed by atoms with Crippen molar-refractivity contribution in [2.45, 2.75) is 25.7 Å². The zero-order chi connectivity index (χ0) is 21.8. The average molecular weight is 444 g/mol. The van der Waals surface area contributed by atoms with E-state index >= 15 is 0 Å². The quantitative estimate of drug-likeness (QED) is 0.587. The summed E-state index contributed by atoms with van der Waals surface area (Å²) in [5, 5.41) is 2.74. The maximum atomic E-state index is 12.8. The first-order valence-corrected chi connectivity index (χ1v) is 12.5. The Bertz CT molecular complexity index is 1170. The smallest absolute Gasteiger partial charge is 0.252 e. The number of H-pyrrole nitrogens is 1. The number of sulfone groups is 1. The van der Waals surface area contributed by atoms with Gasteiger partial charge in [-0.1, -0.05) is 20.8 Å². The Labute approximate surface area is 170 Å². The minimum atomic E-state index is -3.75. The standard InChI is InChI=1S/C18H25N3O6S2/c1-4-21(5-2)29(26,27)13-7-8-16-14(11-13)15(12-17(22)20-16)18(23)19-9-10-28(24,25)6-3/h7-8,11-12H,4-6,9-10H2,1-3H3,(H,19,23)(H,20,22). The van der Waals surface area contributed by atoms with Crippen molar-refractivity contribution in [3.63, 3.8) is 0 Å². The number of hydrogen-bond acceptors (Lipinski definition) is 6. The minimum Gasteiger partial charge on any atom is -0.351 e. The van der Waals surface area contributed by atoms with Crippen LogP contribution in [0.15, 0.2) is 34.0 Å². The van der Waals surface area contributed by atoms with Crippen molar-refractivity contribution in [1.82, 2.24) is 14.6 Å². The molecule has 0 aliphatic rings. The van der Waals surface area contributed by atoms with Crippen LogP contribution in [0.1, 0.15) is 31.1 Å². The normalized spacial score (nSPS) is 12.4. The molecule has 0 unspecified atom stereocenters. The Morgan fingerprint density at radius 1 is 1.07 bits per heavy atom. The van der Waals surface area contributed by atoms with Crippen LogP contribution in [0.5, 0.6) is 0 Å². The van der Waals surface area contributed by atoms with Crippen molar-refractivity contribution in [1.29, 1.82) is 0 Å². The molecule has 0 fully saturated rings. The van der Waals surface area contributed by atoms with Gasteiger partial charge in [-0.05, 0) is 18.2 Å². The molecule has 29 heavy (non-hydrogen) atoms. The Morgan fingerprint density at radius 3 is 2.31 bits per heavy atom. The Balaban J connectivity index is 2.47. The Kier molecular flexibility index (Phi) is 7.20. The lowest BCUT2D eigenvalue weighted by Crippen LogP contribution is -2.31. The fraction of sp³-hybridized carbons (Fsp3) is 0.444. The summed E-state index contributed by atoms with van der Waals surface area (Å²) in [5.74, 6) is -0.911. The number of pyridine rings is 1.